The summed E-state index contributed by atoms with van der Waals surface area (Å²) in [5.74, 6) is -0.214. The van der Waals surface area contributed by atoms with E-state index in [-0.39, 0.29) is 5.82 Å². The van der Waals surface area contributed by atoms with E-state index in [1.54, 1.807) is 0 Å². The molecular formula is C20H18FN. The van der Waals surface area contributed by atoms with Crippen LogP contribution in [0.1, 0.15) is 16.7 Å². The number of hydrogen-bond acceptors (Lipinski definition) is 1. The van der Waals surface area contributed by atoms with Crippen LogP contribution < -0.4 is 0 Å². The predicted molar refractivity (Wildman–Crippen MR) is 89.3 cm³/mol. The monoisotopic (exact) mass is 291 g/mol. The minimum atomic E-state index is -0.214. The van der Waals surface area contributed by atoms with E-state index in [4.69, 9.17) is 0 Å². The molecule has 0 atom stereocenters. The van der Waals surface area contributed by atoms with Crippen molar-refractivity contribution in [1.82, 2.24) is 4.98 Å². The molecule has 1 heterocycles. The second-order valence-corrected chi connectivity index (χ2v) is 5.69. The van der Waals surface area contributed by atoms with Crippen molar-refractivity contribution >= 4 is 0 Å². The van der Waals surface area contributed by atoms with Crippen molar-refractivity contribution in [3.63, 3.8) is 0 Å². The molecule has 0 aliphatic heterocycles. The summed E-state index contributed by atoms with van der Waals surface area (Å²) in [5, 5.41) is 0. The maximum atomic E-state index is 13.1. The molecule has 22 heavy (non-hydrogen) atoms. The molecule has 1 nitrogen and oxygen atoms in total. The lowest BCUT2D eigenvalue weighted by molar-refractivity contribution is 0.628. The Labute approximate surface area is 130 Å². The van der Waals surface area contributed by atoms with E-state index in [2.05, 4.69) is 50.0 Å². The summed E-state index contributed by atoms with van der Waals surface area (Å²) < 4.78 is 13.1. The molecular weight excluding hydrogens is 273 g/mol. The molecule has 0 aliphatic carbocycles. The van der Waals surface area contributed by atoms with Gasteiger partial charge in [-0.05, 0) is 72.9 Å². The van der Waals surface area contributed by atoms with Crippen molar-refractivity contribution in [1.29, 1.82) is 0 Å². The third-order valence-corrected chi connectivity index (χ3v) is 4.06. The third kappa shape index (κ3) is 2.77. The summed E-state index contributed by atoms with van der Waals surface area (Å²) in [7, 11) is 0. The van der Waals surface area contributed by atoms with Crippen molar-refractivity contribution < 1.29 is 4.39 Å². The fourth-order valence-electron chi connectivity index (χ4n) is 2.50. The van der Waals surface area contributed by atoms with Gasteiger partial charge in [0.15, 0.2) is 0 Å². The van der Waals surface area contributed by atoms with Gasteiger partial charge >= 0.3 is 0 Å². The van der Waals surface area contributed by atoms with Crippen LogP contribution in [-0.4, -0.2) is 4.98 Å². The average Bonchev–Trinajstić information content (AvgIpc) is 2.52. The Morgan fingerprint density at radius 2 is 1.41 bits per heavy atom. The number of rotatable bonds is 2. The zero-order valence-corrected chi connectivity index (χ0v) is 13.0. The van der Waals surface area contributed by atoms with Gasteiger partial charge in [-0.15, -0.1) is 0 Å². The summed E-state index contributed by atoms with van der Waals surface area (Å²) in [6.45, 7) is 6.22. The van der Waals surface area contributed by atoms with Gasteiger partial charge < -0.3 is 0 Å². The first kappa shape index (κ1) is 14.5. The van der Waals surface area contributed by atoms with Crippen LogP contribution >= 0.6 is 0 Å². The number of benzene rings is 2. The summed E-state index contributed by atoms with van der Waals surface area (Å²) in [6, 6.07) is 15.0. The minimum Gasteiger partial charge on any atom is -0.256 e. The lowest BCUT2D eigenvalue weighted by atomic mass is 9.96. The van der Waals surface area contributed by atoms with Gasteiger partial charge in [-0.2, -0.15) is 0 Å². The molecule has 2 heteroatoms. The largest absolute Gasteiger partial charge is 0.256 e. The Morgan fingerprint density at radius 3 is 2.09 bits per heavy atom. The smallest absolute Gasteiger partial charge is 0.123 e. The van der Waals surface area contributed by atoms with Crippen molar-refractivity contribution in [2.45, 2.75) is 20.8 Å². The molecule has 2 aromatic carbocycles. The fourth-order valence-corrected chi connectivity index (χ4v) is 2.50. The Hall–Kier alpha value is -2.48. The normalized spacial score (nSPS) is 10.7. The lowest BCUT2D eigenvalue weighted by Crippen LogP contribution is -1.90. The zero-order chi connectivity index (χ0) is 15.7. The summed E-state index contributed by atoms with van der Waals surface area (Å²) in [4.78, 5) is 4.53. The SMILES string of the molecule is Cc1cnc(-c2ccc(C)c(-c3ccc(F)cc3)c2)cc1C. The molecule has 1 aromatic heterocycles. The minimum absolute atomic E-state index is 0.214. The summed E-state index contributed by atoms with van der Waals surface area (Å²) in [6.07, 6.45) is 1.90. The average molecular weight is 291 g/mol. The van der Waals surface area contributed by atoms with E-state index in [9.17, 15) is 4.39 Å². The first-order valence-electron chi connectivity index (χ1n) is 7.35. The molecule has 3 rings (SSSR count). The first-order chi connectivity index (χ1) is 10.5. The van der Waals surface area contributed by atoms with Gasteiger partial charge in [-0.1, -0.05) is 24.3 Å². The molecule has 0 amide bonds. The highest BCUT2D eigenvalue weighted by Crippen LogP contribution is 2.29. The van der Waals surface area contributed by atoms with Gasteiger partial charge in [0.1, 0.15) is 5.82 Å². The number of nitrogens with zero attached hydrogens (tertiary/aromatic N) is 1. The van der Waals surface area contributed by atoms with Crippen molar-refractivity contribution in [3.8, 4) is 22.4 Å². The lowest BCUT2D eigenvalue weighted by Gasteiger charge is -2.10. The molecule has 110 valence electrons. The molecule has 3 aromatic rings. The molecule has 0 aliphatic rings. The van der Waals surface area contributed by atoms with Gasteiger partial charge in [0, 0.05) is 11.8 Å². The summed E-state index contributed by atoms with van der Waals surface area (Å²) in [5.41, 5.74) is 7.75. The Balaban J connectivity index is 2.09. The highest BCUT2D eigenvalue weighted by molar-refractivity contribution is 5.74. The van der Waals surface area contributed by atoms with Crippen LogP contribution in [0.5, 0.6) is 0 Å². The van der Waals surface area contributed by atoms with Crippen molar-refractivity contribution in [2.24, 2.45) is 0 Å². The molecule has 0 saturated carbocycles. The van der Waals surface area contributed by atoms with Crippen LogP contribution in [0.4, 0.5) is 4.39 Å². The van der Waals surface area contributed by atoms with Crippen LogP contribution in [0.15, 0.2) is 54.7 Å². The van der Waals surface area contributed by atoms with Gasteiger partial charge in [0.05, 0.1) is 5.69 Å². The van der Waals surface area contributed by atoms with E-state index >= 15 is 0 Å². The first-order valence-corrected chi connectivity index (χ1v) is 7.35. The van der Waals surface area contributed by atoms with E-state index in [1.165, 1.54) is 28.8 Å². The van der Waals surface area contributed by atoms with Gasteiger partial charge in [-0.3, -0.25) is 4.98 Å². The van der Waals surface area contributed by atoms with Crippen LogP contribution in [0.2, 0.25) is 0 Å². The maximum absolute atomic E-state index is 13.1. The number of aryl methyl sites for hydroxylation is 3. The van der Waals surface area contributed by atoms with Crippen molar-refractivity contribution in [3.05, 3.63) is 77.2 Å². The van der Waals surface area contributed by atoms with Gasteiger partial charge in [0.25, 0.3) is 0 Å². The van der Waals surface area contributed by atoms with Crippen LogP contribution in [0.3, 0.4) is 0 Å². The number of halogens is 1. The Morgan fingerprint density at radius 1 is 0.727 bits per heavy atom. The molecule has 0 saturated heterocycles. The van der Waals surface area contributed by atoms with E-state index in [0.29, 0.717) is 0 Å². The molecule has 0 fully saturated rings. The molecule has 0 bridgehead atoms. The van der Waals surface area contributed by atoms with Crippen LogP contribution in [-0.2, 0) is 0 Å². The highest BCUT2D eigenvalue weighted by atomic mass is 19.1. The molecule has 0 spiro atoms. The van der Waals surface area contributed by atoms with Gasteiger partial charge in [-0.25, -0.2) is 4.39 Å². The fraction of sp³-hybridized carbons (Fsp3) is 0.150. The predicted octanol–water partition coefficient (Wildman–Crippen LogP) is 5.48. The van der Waals surface area contributed by atoms with Gasteiger partial charge in [0.2, 0.25) is 0 Å². The van der Waals surface area contributed by atoms with E-state index in [1.807, 2.05) is 18.3 Å². The Kier molecular flexibility index (Phi) is 3.76. The zero-order valence-electron chi connectivity index (χ0n) is 13.0. The molecule has 0 radical (unpaired) electrons. The summed E-state index contributed by atoms with van der Waals surface area (Å²) >= 11 is 0. The standard InChI is InChI=1S/C20H18FN/c1-13-4-5-17(20-10-14(2)15(3)12-22-20)11-19(13)16-6-8-18(21)9-7-16/h4-12H,1-3H3. The second-order valence-electron chi connectivity index (χ2n) is 5.69. The quantitative estimate of drug-likeness (QED) is 0.609. The highest BCUT2D eigenvalue weighted by Gasteiger charge is 2.07. The maximum Gasteiger partial charge on any atom is 0.123 e. The van der Waals surface area contributed by atoms with Crippen LogP contribution in [0, 0.1) is 26.6 Å². The second kappa shape index (κ2) is 5.72. The molecule has 0 N–H and O–H groups in total. The van der Waals surface area contributed by atoms with E-state index in [0.717, 1.165) is 22.4 Å². The molecule has 0 unspecified atom stereocenters. The third-order valence-electron chi connectivity index (χ3n) is 4.06. The number of aromatic nitrogens is 1. The van der Waals surface area contributed by atoms with E-state index < -0.39 is 0 Å². The van der Waals surface area contributed by atoms with Crippen LogP contribution in [0.25, 0.3) is 22.4 Å². The van der Waals surface area contributed by atoms with Crippen molar-refractivity contribution in [2.75, 3.05) is 0 Å². The topological polar surface area (TPSA) is 12.9 Å². The Bertz CT molecular complexity index is 820. The number of pyridine rings is 1. The number of hydrogen-bond donors (Lipinski definition) is 0.